The van der Waals surface area contributed by atoms with Crippen molar-refractivity contribution in [2.45, 2.75) is 51.4 Å². The molecule has 3 aliphatic rings. The van der Waals surface area contributed by atoms with Gasteiger partial charge < -0.3 is 24.3 Å². The number of nitrogens with zero attached hydrogens (tertiary/aromatic N) is 6. The highest BCUT2D eigenvalue weighted by Gasteiger charge is 2.40. The Morgan fingerprint density at radius 3 is 2.76 bits per heavy atom. The molecule has 2 unspecified atom stereocenters. The lowest BCUT2D eigenvalue weighted by Crippen LogP contribution is -2.33. The Balaban J connectivity index is 1.09. The van der Waals surface area contributed by atoms with Gasteiger partial charge >= 0.3 is 0 Å². The van der Waals surface area contributed by atoms with Crippen molar-refractivity contribution in [1.29, 1.82) is 0 Å². The first kappa shape index (κ1) is 26.5. The standard InChI is InChI=1S/C29H33N7O4S/c1-18-13-22(34-29(32-18)36-10-7-31-17-36)26-21(27-33-23(16-41-27)28-39-19(2)40-28)5-8-35(26)9-6-30-15-20-3-4-24-25(14-20)38-12-11-37-24/h3-4,7,10,13-14,16-17,19,21,26,28,30H,5-6,8-9,11-12,15H2,1-2H3. The second kappa shape index (κ2) is 11.5. The largest absolute Gasteiger partial charge is 0.486 e. The molecule has 0 spiro atoms. The maximum absolute atomic E-state index is 5.75. The zero-order valence-electron chi connectivity index (χ0n) is 23.1. The molecule has 11 nitrogen and oxygen atoms in total. The number of nitrogens with one attached hydrogen (secondary N) is 1. The summed E-state index contributed by atoms with van der Waals surface area (Å²) < 4.78 is 24.7. The molecule has 3 aromatic heterocycles. The molecule has 1 aromatic carbocycles. The highest BCUT2D eigenvalue weighted by molar-refractivity contribution is 7.09. The van der Waals surface area contributed by atoms with Crippen LogP contribution >= 0.6 is 11.3 Å². The summed E-state index contributed by atoms with van der Waals surface area (Å²) in [6, 6.07) is 8.31. The first-order valence-corrected chi connectivity index (χ1v) is 14.9. The lowest BCUT2D eigenvalue weighted by Gasteiger charge is -2.32. The van der Waals surface area contributed by atoms with Crippen molar-refractivity contribution in [2.24, 2.45) is 0 Å². The van der Waals surface area contributed by atoms with Gasteiger partial charge in [-0.15, -0.1) is 11.3 Å². The number of likely N-dealkylation sites (tertiary alicyclic amines) is 1. The fourth-order valence-electron chi connectivity index (χ4n) is 5.71. The van der Waals surface area contributed by atoms with Crippen molar-refractivity contribution in [3.63, 3.8) is 0 Å². The second-order valence-electron chi connectivity index (χ2n) is 10.5. The summed E-state index contributed by atoms with van der Waals surface area (Å²) in [4.78, 5) is 21.4. The zero-order valence-corrected chi connectivity index (χ0v) is 23.9. The van der Waals surface area contributed by atoms with Gasteiger partial charge in [-0.05, 0) is 50.6 Å². The quantitative estimate of drug-likeness (QED) is 0.295. The van der Waals surface area contributed by atoms with Gasteiger partial charge in [0.1, 0.15) is 25.2 Å². The highest BCUT2D eigenvalue weighted by atomic mass is 32.1. The molecule has 4 aromatic rings. The van der Waals surface area contributed by atoms with E-state index < -0.39 is 0 Å². The van der Waals surface area contributed by atoms with Crippen LogP contribution in [0.3, 0.4) is 0 Å². The smallest absolute Gasteiger partial charge is 0.235 e. The van der Waals surface area contributed by atoms with Gasteiger partial charge in [0.25, 0.3) is 0 Å². The Bertz CT molecular complexity index is 1490. The van der Waals surface area contributed by atoms with E-state index >= 15 is 0 Å². The molecule has 0 amide bonds. The van der Waals surface area contributed by atoms with E-state index in [1.54, 1.807) is 23.9 Å². The summed E-state index contributed by atoms with van der Waals surface area (Å²) >= 11 is 1.67. The number of aryl methyl sites for hydroxylation is 1. The maximum atomic E-state index is 5.75. The molecule has 1 N–H and O–H groups in total. The average molecular weight is 576 g/mol. The van der Waals surface area contributed by atoms with Gasteiger partial charge in [0, 0.05) is 49.0 Å². The number of thiazole rings is 1. The van der Waals surface area contributed by atoms with Crippen LogP contribution in [0.25, 0.3) is 5.95 Å². The van der Waals surface area contributed by atoms with Gasteiger partial charge in [-0.2, -0.15) is 0 Å². The summed E-state index contributed by atoms with van der Waals surface area (Å²) in [5.41, 5.74) is 3.94. The van der Waals surface area contributed by atoms with Crippen LogP contribution in [0.5, 0.6) is 11.5 Å². The fourth-order valence-corrected chi connectivity index (χ4v) is 6.70. The molecular weight excluding hydrogens is 542 g/mol. The average Bonchev–Trinajstić information content (AvgIpc) is 3.74. The first-order chi connectivity index (χ1) is 20.1. The van der Waals surface area contributed by atoms with Crippen LogP contribution in [0.1, 0.15) is 59.2 Å². The maximum Gasteiger partial charge on any atom is 0.235 e. The number of benzene rings is 1. The minimum Gasteiger partial charge on any atom is -0.486 e. The zero-order chi connectivity index (χ0) is 27.8. The van der Waals surface area contributed by atoms with Gasteiger partial charge in [0.05, 0.1) is 16.7 Å². The molecule has 3 aliphatic heterocycles. The number of rotatable bonds is 9. The van der Waals surface area contributed by atoms with Crippen molar-refractivity contribution >= 4 is 11.3 Å². The molecule has 12 heteroatoms. The normalized spacial score (nSPS) is 24.0. The molecule has 6 heterocycles. The Labute approximate surface area is 242 Å². The molecule has 7 rings (SSSR count). The van der Waals surface area contributed by atoms with Gasteiger partial charge in [-0.1, -0.05) is 6.07 Å². The Kier molecular flexibility index (Phi) is 7.40. The van der Waals surface area contributed by atoms with Crippen LogP contribution in [-0.4, -0.2) is 68.5 Å². The molecule has 0 aliphatic carbocycles. The number of hydrogen-bond donors (Lipinski definition) is 1. The number of ether oxygens (including phenoxy) is 4. The second-order valence-corrected chi connectivity index (χ2v) is 11.4. The highest BCUT2D eigenvalue weighted by Crippen LogP contribution is 2.45. The van der Waals surface area contributed by atoms with Crippen molar-refractivity contribution in [3.8, 4) is 17.4 Å². The van der Waals surface area contributed by atoms with E-state index in [4.69, 9.17) is 28.9 Å². The lowest BCUT2D eigenvalue weighted by atomic mass is 9.97. The fraction of sp³-hybridized carbons (Fsp3) is 0.448. The van der Waals surface area contributed by atoms with E-state index in [0.717, 1.165) is 66.2 Å². The third-order valence-electron chi connectivity index (χ3n) is 7.64. The Morgan fingerprint density at radius 1 is 1.05 bits per heavy atom. The van der Waals surface area contributed by atoms with Crippen LogP contribution in [0.4, 0.5) is 0 Å². The third kappa shape index (κ3) is 5.57. The molecule has 2 atom stereocenters. The minimum absolute atomic E-state index is 0.0659. The molecule has 0 saturated carbocycles. The number of hydrogen-bond acceptors (Lipinski definition) is 11. The summed E-state index contributed by atoms with van der Waals surface area (Å²) in [6.07, 6.45) is 5.79. The van der Waals surface area contributed by atoms with Gasteiger partial charge in [-0.25, -0.2) is 19.9 Å². The molecular formula is C29H33N7O4S. The molecule has 0 radical (unpaired) electrons. The summed E-state index contributed by atoms with van der Waals surface area (Å²) in [5, 5.41) is 6.76. The van der Waals surface area contributed by atoms with Crippen molar-refractivity contribution in [3.05, 3.63) is 76.0 Å². The van der Waals surface area contributed by atoms with Crippen molar-refractivity contribution in [1.82, 2.24) is 34.7 Å². The van der Waals surface area contributed by atoms with Gasteiger partial charge in [0.2, 0.25) is 12.2 Å². The monoisotopic (exact) mass is 575 g/mol. The molecule has 214 valence electrons. The number of imidazole rings is 1. The molecule has 0 bridgehead atoms. The van der Waals surface area contributed by atoms with E-state index in [1.165, 1.54) is 5.56 Å². The molecule has 2 saturated heterocycles. The van der Waals surface area contributed by atoms with Crippen LogP contribution < -0.4 is 14.8 Å². The number of aromatic nitrogens is 5. The predicted octanol–water partition coefficient (Wildman–Crippen LogP) is 3.91. The topological polar surface area (TPSA) is 109 Å². The molecule has 41 heavy (non-hydrogen) atoms. The Hall–Kier alpha value is -3.42. The lowest BCUT2D eigenvalue weighted by molar-refractivity contribution is -0.383. The summed E-state index contributed by atoms with van der Waals surface area (Å²) in [5.74, 6) is 2.47. The SMILES string of the molecule is Cc1cc(C2C(c3nc(C4OC(C)O4)cs3)CCN2CCNCc2ccc3c(c2)OCCO3)nc(-n2ccnc2)n1. The van der Waals surface area contributed by atoms with Crippen LogP contribution in [0.2, 0.25) is 0 Å². The van der Waals surface area contributed by atoms with Crippen molar-refractivity contribution < 1.29 is 18.9 Å². The Morgan fingerprint density at radius 2 is 1.93 bits per heavy atom. The van der Waals surface area contributed by atoms with E-state index in [2.05, 4.69) is 43.8 Å². The van der Waals surface area contributed by atoms with E-state index in [-0.39, 0.29) is 24.5 Å². The van der Waals surface area contributed by atoms with E-state index in [1.807, 2.05) is 30.7 Å². The van der Waals surface area contributed by atoms with Crippen LogP contribution in [0, 0.1) is 6.92 Å². The van der Waals surface area contributed by atoms with E-state index in [9.17, 15) is 0 Å². The van der Waals surface area contributed by atoms with Crippen LogP contribution in [-0.2, 0) is 16.0 Å². The van der Waals surface area contributed by atoms with E-state index in [0.29, 0.717) is 19.2 Å². The minimum atomic E-state index is -0.371. The number of fused-ring (bicyclic) bond motifs is 1. The predicted molar refractivity (Wildman–Crippen MR) is 151 cm³/mol. The van der Waals surface area contributed by atoms with Gasteiger partial charge in [0.15, 0.2) is 17.8 Å². The third-order valence-corrected chi connectivity index (χ3v) is 8.64. The molecule has 2 fully saturated rings. The first-order valence-electron chi connectivity index (χ1n) is 14.0. The van der Waals surface area contributed by atoms with Gasteiger partial charge in [-0.3, -0.25) is 9.47 Å². The van der Waals surface area contributed by atoms with Crippen LogP contribution in [0.15, 0.2) is 48.4 Å². The van der Waals surface area contributed by atoms with Crippen molar-refractivity contribution in [2.75, 3.05) is 32.8 Å². The summed E-state index contributed by atoms with van der Waals surface area (Å²) in [7, 11) is 0. The summed E-state index contributed by atoms with van der Waals surface area (Å²) in [6.45, 7) is 8.52.